The fourth-order valence-electron chi connectivity index (χ4n) is 2.10. The van der Waals surface area contributed by atoms with Crippen molar-refractivity contribution < 1.29 is 9.59 Å². The highest BCUT2D eigenvalue weighted by molar-refractivity contribution is 5.99. The molecule has 1 aromatic heterocycles. The Bertz CT molecular complexity index is 673. The number of carbonyl (C=O) groups excluding carboxylic acids is 2. The van der Waals surface area contributed by atoms with Crippen LogP contribution in [0.2, 0.25) is 0 Å². The van der Waals surface area contributed by atoms with Crippen molar-refractivity contribution in [2.45, 2.75) is 20.8 Å². The van der Waals surface area contributed by atoms with Gasteiger partial charge in [0.05, 0.1) is 6.54 Å². The zero-order chi connectivity index (χ0) is 16.1. The highest BCUT2D eigenvalue weighted by Gasteiger charge is 2.09. The molecule has 0 unspecified atom stereocenters. The number of amides is 2. The summed E-state index contributed by atoms with van der Waals surface area (Å²) in [6.07, 6.45) is 1.67. The number of rotatable bonds is 4. The zero-order valence-corrected chi connectivity index (χ0v) is 12.9. The maximum atomic E-state index is 12.0. The molecule has 22 heavy (non-hydrogen) atoms. The van der Waals surface area contributed by atoms with Crippen LogP contribution in [0.15, 0.2) is 36.5 Å². The van der Waals surface area contributed by atoms with E-state index in [-0.39, 0.29) is 18.4 Å². The van der Waals surface area contributed by atoms with Crippen molar-refractivity contribution in [2.24, 2.45) is 0 Å². The molecule has 0 aliphatic rings. The summed E-state index contributed by atoms with van der Waals surface area (Å²) in [7, 11) is 0. The van der Waals surface area contributed by atoms with E-state index in [0.717, 1.165) is 16.7 Å². The van der Waals surface area contributed by atoms with Gasteiger partial charge in [-0.2, -0.15) is 0 Å². The third-order valence-electron chi connectivity index (χ3n) is 3.07. The monoisotopic (exact) mass is 297 g/mol. The molecule has 5 nitrogen and oxygen atoms in total. The molecule has 114 valence electrons. The SMILES string of the molecule is Cc1ccc(NC(=O)CNC(=O)c2cc(C)cc(C)c2)nc1. The molecular formula is C17H19N3O2. The summed E-state index contributed by atoms with van der Waals surface area (Å²) >= 11 is 0. The smallest absolute Gasteiger partial charge is 0.251 e. The highest BCUT2D eigenvalue weighted by Crippen LogP contribution is 2.08. The van der Waals surface area contributed by atoms with Crippen molar-refractivity contribution in [2.75, 3.05) is 11.9 Å². The quantitative estimate of drug-likeness (QED) is 0.910. The van der Waals surface area contributed by atoms with E-state index in [1.165, 1.54) is 0 Å². The number of pyridine rings is 1. The average molecular weight is 297 g/mol. The summed E-state index contributed by atoms with van der Waals surface area (Å²) in [6.45, 7) is 5.68. The lowest BCUT2D eigenvalue weighted by Crippen LogP contribution is -2.33. The van der Waals surface area contributed by atoms with Crippen molar-refractivity contribution in [1.29, 1.82) is 0 Å². The Morgan fingerprint density at radius 2 is 1.68 bits per heavy atom. The van der Waals surface area contributed by atoms with Gasteiger partial charge in [0.2, 0.25) is 5.91 Å². The first-order valence-electron chi connectivity index (χ1n) is 7.03. The summed E-state index contributed by atoms with van der Waals surface area (Å²) in [5.41, 5.74) is 3.59. The Morgan fingerprint density at radius 1 is 1.00 bits per heavy atom. The van der Waals surface area contributed by atoms with Gasteiger partial charge >= 0.3 is 0 Å². The van der Waals surface area contributed by atoms with Gasteiger partial charge in [-0.05, 0) is 44.5 Å². The van der Waals surface area contributed by atoms with E-state index in [2.05, 4.69) is 15.6 Å². The van der Waals surface area contributed by atoms with Crippen LogP contribution < -0.4 is 10.6 Å². The molecule has 2 aromatic rings. The molecule has 0 aliphatic carbocycles. The van der Waals surface area contributed by atoms with Crippen LogP contribution in [-0.4, -0.2) is 23.3 Å². The average Bonchev–Trinajstić information content (AvgIpc) is 2.46. The van der Waals surface area contributed by atoms with E-state index >= 15 is 0 Å². The molecule has 5 heteroatoms. The standard InChI is InChI=1S/C17H19N3O2/c1-11-4-5-15(18-9-11)20-16(21)10-19-17(22)14-7-12(2)6-13(3)8-14/h4-9H,10H2,1-3H3,(H,19,22)(H,18,20,21). The summed E-state index contributed by atoms with van der Waals surface area (Å²) in [6, 6.07) is 9.16. The summed E-state index contributed by atoms with van der Waals surface area (Å²) < 4.78 is 0. The van der Waals surface area contributed by atoms with E-state index in [9.17, 15) is 9.59 Å². The van der Waals surface area contributed by atoms with E-state index in [4.69, 9.17) is 0 Å². The Balaban J connectivity index is 1.90. The van der Waals surface area contributed by atoms with Gasteiger partial charge in [0.15, 0.2) is 0 Å². The van der Waals surface area contributed by atoms with Gasteiger partial charge in [-0.25, -0.2) is 4.98 Å². The Labute approximate surface area is 129 Å². The van der Waals surface area contributed by atoms with Crippen LogP contribution >= 0.6 is 0 Å². The van der Waals surface area contributed by atoms with Crippen molar-refractivity contribution >= 4 is 17.6 Å². The van der Waals surface area contributed by atoms with Crippen LogP contribution in [0.5, 0.6) is 0 Å². The maximum Gasteiger partial charge on any atom is 0.251 e. The van der Waals surface area contributed by atoms with E-state index in [0.29, 0.717) is 11.4 Å². The molecule has 2 N–H and O–H groups in total. The fraction of sp³-hybridized carbons (Fsp3) is 0.235. The number of hydrogen-bond acceptors (Lipinski definition) is 3. The van der Waals surface area contributed by atoms with E-state index in [1.807, 2.05) is 32.9 Å². The largest absolute Gasteiger partial charge is 0.343 e. The lowest BCUT2D eigenvalue weighted by atomic mass is 10.1. The number of aromatic nitrogens is 1. The second kappa shape index (κ2) is 6.85. The van der Waals surface area contributed by atoms with Crippen molar-refractivity contribution in [1.82, 2.24) is 10.3 Å². The minimum atomic E-state index is -0.311. The first-order chi connectivity index (χ1) is 10.4. The van der Waals surface area contributed by atoms with Crippen LogP contribution in [0.1, 0.15) is 27.0 Å². The number of nitrogens with zero attached hydrogens (tertiary/aromatic N) is 1. The summed E-state index contributed by atoms with van der Waals surface area (Å²) in [5, 5.41) is 5.24. The topological polar surface area (TPSA) is 71.1 Å². The van der Waals surface area contributed by atoms with Crippen molar-refractivity contribution in [3.05, 3.63) is 58.8 Å². The van der Waals surface area contributed by atoms with E-state index in [1.54, 1.807) is 24.4 Å². The van der Waals surface area contributed by atoms with Gasteiger partial charge in [0, 0.05) is 11.8 Å². The maximum absolute atomic E-state index is 12.0. The normalized spacial score (nSPS) is 10.1. The fourth-order valence-corrected chi connectivity index (χ4v) is 2.10. The lowest BCUT2D eigenvalue weighted by Gasteiger charge is -2.08. The Kier molecular flexibility index (Phi) is 4.88. The first kappa shape index (κ1) is 15.7. The predicted octanol–water partition coefficient (Wildman–Crippen LogP) is 2.38. The lowest BCUT2D eigenvalue weighted by molar-refractivity contribution is -0.115. The number of carbonyl (C=O) groups is 2. The molecule has 0 bridgehead atoms. The Morgan fingerprint density at radius 3 is 2.27 bits per heavy atom. The van der Waals surface area contributed by atoms with Crippen LogP contribution in [0, 0.1) is 20.8 Å². The molecule has 0 radical (unpaired) electrons. The van der Waals surface area contributed by atoms with Crippen molar-refractivity contribution in [3.8, 4) is 0 Å². The van der Waals surface area contributed by atoms with Crippen LogP contribution in [0.25, 0.3) is 0 Å². The molecule has 0 saturated carbocycles. The molecule has 1 aromatic carbocycles. The number of anilines is 1. The molecule has 2 amide bonds. The molecule has 1 heterocycles. The van der Waals surface area contributed by atoms with Crippen molar-refractivity contribution in [3.63, 3.8) is 0 Å². The number of hydrogen-bond donors (Lipinski definition) is 2. The number of benzene rings is 1. The molecule has 0 spiro atoms. The van der Waals surface area contributed by atoms with Gasteiger partial charge in [-0.15, -0.1) is 0 Å². The van der Waals surface area contributed by atoms with Crippen LogP contribution in [0.4, 0.5) is 5.82 Å². The summed E-state index contributed by atoms with van der Waals surface area (Å²) in [4.78, 5) is 27.9. The third-order valence-corrected chi connectivity index (χ3v) is 3.07. The first-order valence-corrected chi connectivity index (χ1v) is 7.03. The van der Waals surface area contributed by atoms with Gasteiger partial charge in [0.1, 0.15) is 5.82 Å². The second-order valence-corrected chi connectivity index (χ2v) is 5.33. The minimum absolute atomic E-state index is 0.0959. The second-order valence-electron chi connectivity index (χ2n) is 5.33. The summed E-state index contributed by atoms with van der Waals surface area (Å²) in [5.74, 6) is -0.107. The molecule has 0 fully saturated rings. The number of nitrogens with one attached hydrogen (secondary N) is 2. The highest BCUT2D eigenvalue weighted by atomic mass is 16.2. The Hall–Kier alpha value is -2.69. The molecule has 0 saturated heterocycles. The third kappa shape index (κ3) is 4.41. The molecular weight excluding hydrogens is 278 g/mol. The molecule has 2 rings (SSSR count). The van der Waals surface area contributed by atoms with Gasteiger partial charge < -0.3 is 10.6 Å². The van der Waals surface area contributed by atoms with E-state index < -0.39 is 0 Å². The van der Waals surface area contributed by atoms with Crippen LogP contribution in [0.3, 0.4) is 0 Å². The van der Waals surface area contributed by atoms with Crippen LogP contribution in [-0.2, 0) is 4.79 Å². The molecule has 0 atom stereocenters. The predicted molar refractivity (Wildman–Crippen MR) is 85.9 cm³/mol. The van der Waals surface area contributed by atoms with Gasteiger partial charge in [0.25, 0.3) is 5.91 Å². The van der Waals surface area contributed by atoms with Gasteiger partial charge in [-0.1, -0.05) is 23.3 Å². The minimum Gasteiger partial charge on any atom is -0.343 e. The number of aryl methyl sites for hydroxylation is 3. The zero-order valence-electron chi connectivity index (χ0n) is 12.9. The van der Waals surface area contributed by atoms with Gasteiger partial charge in [-0.3, -0.25) is 9.59 Å². The molecule has 0 aliphatic heterocycles.